The van der Waals surface area contributed by atoms with Crippen molar-refractivity contribution >= 4 is 37.1 Å². The van der Waals surface area contributed by atoms with Crippen molar-refractivity contribution in [3.05, 3.63) is 29.8 Å². The molecule has 0 aromatic heterocycles. The number of imide groups is 1. The van der Waals surface area contributed by atoms with Gasteiger partial charge >= 0.3 is 0 Å². The van der Waals surface area contributed by atoms with Crippen molar-refractivity contribution in [1.82, 2.24) is 0 Å². The van der Waals surface area contributed by atoms with Gasteiger partial charge in [-0.3, -0.25) is 9.59 Å². The molecule has 2 atom stereocenters. The van der Waals surface area contributed by atoms with Gasteiger partial charge in [-0.05, 0) is 36.0 Å². The molecule has 0 radical (unpaired) electrons. The molecule has 0 bridgehead atoms. The Balaban J connectivity index is 2.18. The lowest BCUT2D eigenvalue weighted by molar-refractivity contribution is -0.121. The molecule has 1 aliphatic rings. The maximum Gasteiger partial charge on any atom is 0.247 e. The number of hydrogen-bond acceptors (Lipinski definition) is 3. The van der Waals surface area contributed by atoms with E-state index in [9.17, 15) is 9.59 Å². The number of thioether (sulfide) groups is 1. The van der Waals surface area contributed by atoms with Crippen molar-refractivity contribution in [2.45, 2.75) is 82.0 Å². The van der Waals surface area contributed by atoms with Crippen molar-refractivity contribution in [2.24, 2.45) is 0 Å². The Morgan fingerprint density at radius 3 is 2.27 bits per heavy atom. The van der Waals surface area contributed by atoms with E-state index < -0.39 is 0 Å². The first kappa shape index (κ1) is 21.1. The quantitative estimate of drug-likeness (QED) is 0.527. The lowest BCUT2D eigenvalue weighted by Crippen LogP contribution is -2.31. The van der Waals surface area contributed by atoms with Gasteiger partial charge in [-0.1, -0.05) is 59.0 Å². The molecule has 5 heteroatoms. The van der Waals surface area contributed by atoms with Crippen LogP contribution >= 0.6 is 11.8 Å². The molecule has 1 fully saturated rings. The average Bonchev–Trinajstić information content (AvgIpc) is 2.79. The molecule has 1 heterocycles. The second-order valence-electron chi connectivity index (χ2n) is 9.28. The molecule has 142 valence electrons. The zero-order valence-electron chi connectivity index (χ0n) is 17.3. The van der Waals surface area contributed by atoms with Crippen LogP contribution in [0.15, 0.2) is 24.3 Å². The Morgan fingerprint density at radius 1 is 1.19 bits per heavy atom. The summed E-state index contributed by atoms with van der Waals surface area (Å²) in [6.45, 7) is 13.2. The first-order valence-corrected chi connectivity index (χ1v) is 10.5. The van der Waals surface area contributed by atoms with Gasteiger partial charge in [-0.15, -0.1) is 11.8 Å². The molecular formula is C21H32BNO2S. The van der Waals surface area contributed by atoms with Gasteiger partial charge in [0.05, 0.1) is 10.9 Å². The number of carbonyl (C=O) groups is 2. The maximum atomic E-state index is 12.7. The Morgan fingerprint density at radius 2 is 1.77 bits per heavy atom. The SMILES string of the molecule is BC(C)(C)CC(C)(C)c1ccc(N2C(=O)CC(SC(C)CC)C2=O)cc1. The minimum atomic E-state index is -0.241. The fourth-order valence-electron chi connectivity index (χ4n) is 3.85. The van der Waals surface area contributed by atoms with E-state index in [0.29, 0.717) is 17.4 Å². The third-order valence-electron chi connectivity index (χ3n) is 4.96. The lowest BCUT2D eigenvalue weighted by atomic mass is 9.62. The highest BCUT2D eigenvalue weighted by Crippen LogP contribution is 2.39. The van der Waals surface area contributed by atoms with Gasteiger partial charge in [-0.25, -0.2) is 4.90 Å². The van der Waals surface area contributed by atoms with E-state index in [2.05, 4.69) is 61.5 Å². The number of anilines is 1. The van der Waals surface area contributed by atoms with Crippen LogP contribution in [0.1, 0.15) is 66.4 Å². The number of carbonyl (C=O) groups excluding carboxylic acids is 2. The van der Waals surface area contributed by atoms with Crippen LogP contribution in [-0.2, 0) is 15.0 Å². The van der Waals surface area contributed by atoms with E-state index in [1.165, 1.54) is 10.5 Å². The predicted octanol–water partition coefficient (Wildman–Crippen LogP) is 4.35. The third-order valence-corrected chi connectivity index (χ3v) is 6.45. The van der Waals surface area contributed by atoms with Crippen molar-refractivity contribution in [3.63, 3.8) is 0 Å². The Labute approximate surface area is 163 Å². The number of rotatable bonds is 7. The van der Waals surface area contributed by atoms with Crippen LogP contribution < -0.4 is 4.90 Å². The van der Waals surface area contributed by atoms with Gasteiger partial charge in [-0.2, -0.15) is 0 Å². The monoisotopic (exact) mass is 373 g/mol. The van der Waals surface area contributed by atoms with Crippen molar-refractivity contribution in [2.75, 3.05) is 4.90 Å². The van der Waals surface area contributed by atoms with E-state index in [4.69, 9.17) is 0 Å². The molecule has 1 aromatic rings. The predicted molar refractivity (Wildman–Crippen MR) is 115 cm³/mol. The first-order valence-electron chi connectivity index (χ1n) is 9.57. The van der Waals surface area contributed by atoms with Crippen LogP contribution in [0, 0.1) is 0 Å². The summed E-state index contributed by atoms with van der Waals surface area (Å²) in [5.41, 5.74) is 1.98. The standard InChI is InChI=1S/C21H32BNO2S/c1-7-14(2)26-17-12-18(24)23(19(17)25)16-10-8-15(9-11-16)20(3,4)13-21(5,6)22/h8-11,14,17H,7,12-13,22H2,1-6H3. The largest absolute Gasteiger partial charge is 0.274 e. The van der Waals surface area contributed by atoms with E-state index in [-0.39, 0.29) is 27.8 Å². The molecule has 2 unspecified atom stereocenters. The molecule has 0 saturated carbocycles. The Kier molecular flexibility index (Phi) is 6.32. The topological polar surface area (TPSA) is 37.4 Å². The summed E-state index contributed by atoms with van der Waals surface area (Å²) in [5.74, 6) is -0.153. The van der Waals surface area contributed by atoms with E-state index in [1.807, 2.05) is 12.1 Å². The molecule has 1 saturated heterocycles. The third kappa shape index (κ3) is 4.94. The van der Waals surface area contributed by atoms with Gasteiger partial charge in [0, 0.05) is 11.7 Å². The van der Waals surface area contributed by atoms with Gasteiger partial charge < -0.3 is 0 Å². The summed E-state index contributed by atoms with van der Waals surface area (Å²) in [5, 5.41) is 0.385. The zero-order valence-corrected chi connectivity index (χ0v) is 18.1. The van der Waals surface area contributed by atoms with Crippen LogP contribution in [0.5, 0.6) is 0 Å². The molecule has 0 aliphatic carbocycles. The van der Waals surface area contributed by atoms with Gasteiger partial charge in [0.1, 0.15) is 7.85 Å². The summed E-state index contributed by atoms with van der Waals surface area (Å²) in [4.78, 5) is 26.5. The fraction of sp³-hybridized carbons (Fsp3) is 0.619. The van der Waals surface area contributed by atoms with Crippen LogP contribution in [0.2, 0.25) is 5.31 Å². The van der Waals surface area contributed by atoms with Crippen LogP contribution in [-0.4, -0.2) is 30.2 Å². The lowest BCUT2D eigenvalue weighted by Gasteiger charge is -2.33. The summed E-state index contributed by atoms with van der Waals surface area (Å²) < 4.78 is 0. The van der Waals surface area contributed by atoms with Gasteiger partial charge in [0.2, 0.25) is 11.8 Å². The normalized spacial score (nSPS) is 19.9. The Hall–Kier alpha value is -1.23. The second kappa shape index (κ2) is 7.79. The van der Waals surface area contributed by atoms with Crippen LogP contribution in [0.25, 0.3) is 0 Å². The number of amides is 2. The highest BCUT2D eigenvalue weighted by molar-refractivity contribution is 8.01. The molecule has 26 heavy (non-hydrogen) atoms. The van der Waals surface area contributed by atoms with Crippen molar-refractivity contribution in [3.8, 4) is 0 Å². The van der Waals surface area contributed by atoms with Gasteiger partial charge in [0.15, 0.2) is 0 Å². The van der Waals surface area contributed by atoms with Crippen molar-refractivity contribution in [1.29, 1.82) is 0 Å². The maximum absolute atomic E-state index is 12.7. The number of nitrogens with zero attached hydrogens (tertiary/aromatic N) is 1. The molecule has 1 aliphatic heterocycles. The molecule has 2 rings (SSSR count). The minimum Gasteiger partial charge on any atom is -0.274 e. The molecule has 0 spiro atoms. The smallest absolute Gasteiger partial charge is 0.247 e. The first-order chi connectivity index (χ1) is 11.9. The highest BCUT2D eigenvalue weighted by Gasteiger charge is 2.40. The number of hydrogen-bond donors (Lipinski definition) is 0. The van der Waals surface area contributed by atoms with Crippen LogP contribution in [0.3, 0.4) is 0 Å². The molecule has 3 nitrogen and oxygen atoms in total. The summed E-state index contributed by atoms with van der Waals surface area (Å²) in [6, 6.07) is 7.98. The number of benzene rings is 1. The zero-order chi connectivity index (χ0) is 19.7. The van der Waals surface area contributed by atoms with Crippen molar-refractivity contribution < 1.29 is 9.59 Å². The highest BCUT2D eigenvalue weighted by atomic mass is 32.2. The minimum absolute atomic E-state index is 0.0464. The summed E-state index contributed by atoms with van der Waals surface area (Å²) in [6.07, 6.45) is 2.37. The second-order valence-corrected chi connectivity index (χ2v) is 10.9. The summed E-state index contributed by atoms with van der Waals surface area (Å²) in [7, 11) is 2.25. The molecule has 1 aromatic carbocycles. The average molecular weight is 373 g/mol. The fourth-order valence-corrected chi connectivity index (χ4v) is 5.06. The van der Waals surface area contributed by atoms with Crippen LogP contribution in [0.4, 0.5) is 5.69 Å². The molecular weight excluding hydrogens is 341 g/mol. The van der Waals surface area contributed by atoms with E-state index in [1.54, 1.807) is 11.8 Å². The van der Waals surface area contributed by atoms with E-state index >= 15 is 0 Å². The molecule has 2 amide bonds. The Bertz CT molecular complexity index is 664. The molecule has 0 N–H and O–H groups in total. The van der Waals surface area contributed by atoms with Gasteiger partial charge in [0.25, 0.3) is 0 Å². The summed E-state index contributed by atoms with van der Waals surface area (Å²) >= 11 is 1.62. The van der Waals surface area contributed by atoms with E-state index in [0.717, 1.165) is 12.8 Å².